The third-order valence-electron chi connectivity index (χ3n) is 4.77. The molecule has 0 N–H and O–H groups in total. The summed E-state index contributed by atoms with van der Waals surface area (Å²) in [5, 5.41) is 1.25. The Morgan fingerprint density at radius 1 is 1.00 bits per heavy atom. The summed E-state index contributed by atoms with van der Waals surface area (Å²) in [6.45, 7) is 6.78. The lowest BCUT2D eigenvalue weighted by Gasteiger charge is -2.21. The SMILES string of the molecule is CC(=O)Oc1ccc(-c2ccc(OCc3cc4ccc(F)cc4n3C(=O)OC(C)(C)C)cc2)s1. The van der Waals surface area contributed by atoms with Crippen molar-refractivity contribution in [2.45, 2.75) is 39.9 Å². The Hall–Kier alpha value is -3.65. The number of aromatic nitrogens is 1. The summed E-state index contributed by atoms with van der Waals surface area (Å²) in [5.41, 5.74) is 1.22. The molecule has 4 aromatic rings. The number of carbonyl (C=O) groups is 2. The molecule has 0 aliphatic rings. The molecule has 4 rings (SSSR count). The molecule has 0 radical (unpaired) electrons. The Labute approximate surface area is 200 Å². The number of hydrogen-bond donors (Lipinski definition) is 0. The molecule has 2 heterocycles. The quantitative estimate of drug-likeness (QED) is 0.293. The number of nitrogens with zero attached hydrogens (tertiary/aromatic N) is 1. The highest BCUT2D eigenvalue weighted by molar-refractivity contribution is 7.17. The van der Waals surface area contributed by atoms with Crippen molar-refractivity contribution < 1.29 is 28.2 Å². The van der Waals surface area contributed by atoms with Crippen molar-refractivity contribution >= 4 is 34.3 Å². The summed E-state index contributed by atoms with van der Waals surface area (Å²) in [5.74, 6) is -0.194. The first-order chi connectivity index (χ1) is 16.1. The summed E-state index contributed by atoms with van der Waals surface area (Å²) in [7, 11) is 0. The average molecular weight is 482 g/mol. The second-order valence-electron chi connectivity index (χ2n) is 8.68. The summed E-state index contributed by atoms with van der Waals surface area (Å²) >= 11 is 1.37. The molecule has 0 aliphatic heterocycles. The fraction of sp³-hybridized carbons (Fsp3) is 0.231. The van der Waals surface area contributed by atoms with E-state index in [1.807, 2.05) is 30.3 Å². The van der Waals surface area contributed by atoms with Gasteiger partial charge in [0.1, 0.15) is 23.8 Å². The largest absolute Gasteiger partial charge is 0.487 e. The van der Waals surface area contributed by atoms with Gasteiger partial charge in [-0.3, -0.25) is 4.79 Å². The van der Waals surface area contributed by atoms with E-state index in [9.17, 15) is 14.0 Å². The highest BCUT2D eigenvalue weighted by atomic mass is 32.1. The number of esters is 1. The van der Waals surface area contributed by atoms with Crippen LogP contribution in [0, 0.1) is 5.82 Å². The third-order valence-corrected chi connectivity index (χ3v) is 5.78. The molecule has 8 heteroatoms. The van der Waals surface area contributed by atoms with E-state index in [0.29, 0.717) is 27.4 Å². The second-order valence-corrected chi connectivity index (χ2v) is 9.73. The molecule has 0 fully saturated rings. The minimum atomic E-state index is -0.702. The van der Waals surface area contributed by atoms with Crippen LogP contribution >= 0.6 is 11.3 Å². The first-order valence-corrected chi connectivity index (χ1v) is 11.5. The zero-order valence-electron chi connectivity index (χ0n) is 19.3. The predicted molar refractivity (Wildman–Crippen MR) is 129 cm³/mol. The van der Waals surface area contributed by atoms with Crippen molar-refractivity contribution in [2.75, 3.05) is 0 Å². The van der Waals surface area contributed by atoms with Gasteiger partial charge in [0.25, 0.3) is 0 Å². The molecule has 6 nitrogen and oxygen atoms in total. The van der Waals surface area contributed by atoms with Crippen LogP contribution in [0.1, 0.15) is 33.4 Å². The van der Waals surface area contributed by atoms with Gasteiger partial charge in [-0.2, -0.15) is 0 Å². The van der Waals surface area contributed by atoms with E-state index in [1.165, 1.54) is 35.0 Å². The molecule has 0 unspecified atom stereocenters. The van der Waals surface area contributed by atoms with Gasteiger partial charge in [0.15, 0.2) is 5.06 Å². The number of halogens is 1. The molecule has 34 heavy (non-hydrogen) atoms. The molecule has 0 aliphatic carbocycles. The molecule has 2 aromatic carbocycles. The van der Waals surface area contributed by atoms with Crippen molar-refractivity contribution in [1.82, 2.24) is 4.57 Å². The minimum absolute atomic E-state index is 0.0878. The molecule has 2 aromatic heterocycles. The van der Waals surface area contributed by atoms with Gasteiger partial charge >= 0.3 is 12.1 Å². The molecule has 0 amide bonds. The van der Waals surface area contributed by atoms with Gasteiger partial charge in [-0.15, -0.1) is 0 Å². The van der Waals surface area contributed by atoms with Gasteiger partial charge in [0, 0.05) is 17.2 Å². The van der Waals surface area contributed by atoms with Crippen molar-refractivity contribution in [2.24, 2.45) is 0 Å². The maximum atomic E-state index is 13.9. The normalized spacial score (nSPS) is 11.4. The summed E-state index contributed by atoms with van der Waals surface area (Å²) in [4.78, 5) is 25.0. The van der Waals surface area contributed by atoms with Crippen molar-refractivity contribution in [3.63, 3.8) is 0 Å². The lowest BCUT2D eigenvalue weighted by Crippen LogP contribution is -2.28. The van der Waals surface area contributed by atoms with E-state index in [1.54, 1.807) is 39.0 Å². The van der Waals surface area contributed by atoms with Crippen LogP contribution in [0.5, 0.6) is 10.8 Å². The van der Waals surface area contributed by atoms with Crippen molar-refractivity contribution in [1.29, 1.82) is 0 Å². The number of hydrogen-bond acceptors (Lipinski definition) is 6. The van der Waals surface area contributed by atoms with Crippen molar-refractivity contribution in [3.05, 3.63) is 72.2 Å². The van der Waals surface area contributed by atoms with Gasteiger partial charge in [-0.25, -0.2) is 13.8 Å². The number of thiophene rings is 1. The van der Waals surface area contributed by atoms with Gasteiger partial charge < -0.3 is 14.2 Å². The smallest absolute Gasteiger partial charge is 0.419 e. The highest BCUT2D eigenvalue weighted by Crippen LogP contribution is 2.34. The number of ether oxygens (including phenoxy) is 3. The lowest BCUT2D eigenvalue weighted by atomic mass is 10.2. The zero-order chi connectivity index (χ0) is 24.5. The van der Waals surface area contributed by atoms with Crippen LogP contribution in [0.2, 0.25) is 0 Å². The Morgan fingerprint density at radius 3 is 2.41 bits per heavy atom. The van der Waals surface area contributed by atoms with E-state index >= 15 is 0 Å². The first-order valence-electron chi connectivity index (χ1n) is 10.6. The summed E-state index contributed by atoms with van der Waals surface area (Å²) in [6.07, 6.45) is -0.594. The highest BCUT2D eigenvalue weighted by Gasteiger charge is 2.22. The zero-order valence-corrected chi connectivity index (χ0v) is 20.1. The van der Waals surface area contributed by atoms with E-state index in [-0.39, 0.29) is 12.6 Å². The standard InChI is InChI=1S/C26H24FNO5S/c1-16(29)32-24-12-11-23(34-24)17-6-9-21(10-7-17)31-15-20-13-18-5-8-19(27)14-22(18)28(20)25(30)33-26(2,3)4/h5-14H,15H2,1-4H3. The maximum Gasteiger partial charge on any atom is 0.419 e. The molecule has 0 spiro atoms. The fourth-order valence-electron chi connectivity index (χ4n) is 3.41. The van der Waals surface area contributed by atoms with E-state index < -0.39 is 17.5 Å². The van der Waals surface area contributed by atoms with Gasteiger partial charge in [0.05, 0.1) is 11.2 Å². The van der Waals surface area contributed by atoms with Crippen LogP contribution in [0.25, 0.3) is 21.3 Å². The molecule has 0 bridgehead atoms. The van der Waals surface area contributed by atoms with Crippen LogP contribution in [-0.2, 0) is 16.1 Å². The Balaban J connectivity index is 1.54. The third kappa shape index (κ3) is 5.46. The first kappa shape index (κ1) is 23.5. The lowest BCUT2D eigenvalue weighted by molar-refractivity contribution is -0.131. The average Bonchev–Trinajstić information content (AvgIpc) is 3.35. The van der Waals surface area contributed by atoms with Crippen LogP contribution in [0.15, 0.2) is 60.7 Å². The fourth-order valence-corrected chi connectivity index (χ4v) is 4.31. The van der Waals surface area contributed by atoms with Crippen LogP contribution in [0.4, 0.5) is 9.18 Å². The van der Waals surface area contributed by atoms with Crippen LogP contribution in [0.3, 0.4) is 0 Å². The molecule has 0 saturated heterocycles. The minimum Gasteiger partial charge on any atom is -0.487 e. The molecular weight excluding hydrogens is 457 g/mol. The van der Waals surface area contributed by atoms with E-state index in [4.69, 9.17) is 14.2 Å². The van der Waals surface area contributed by atoms with Gasteiger partial charge in [0.2, 0.25) is 0 Å². The molecular formula is C26H24FNO5S. The summed E-state index contributed by atoms with van der Waals surface area (Å²) in [6, 6.07) is 17.1. The Morgan fingerprint density at radius 2 is 1.74 bits per heavy atom. The molecule has 0 atom stereocenters. The maximum absolute atomic E-state index is 13.9. The van der Waals surface area contributed by atoms with Gasteiger partial charge in [-0.1, -0.05) is 11.3 Å². The van der Waals surface area contributed by atoms with Gasteiger partial charge in [-0.05, 0) is 87.0 Å². The number of rotatable bonds is 5. The molecule has 0 saturated carbocycles. The predicted octanol–water partition coefficient (Wildman–Crippen LogP) is 6.80. The topological polar surface area (TPSA) is 66.8 Å². The number of fused-ring (bicyclic) bond motifs is 1. The Kier molecular flexibility index (Phi) is 6.43. The Bertz CT molecular complexity index is 1350. The van der Waals surface area contributed by atoms with Crippen LogP contribution < -0.4 is 9.47 Å². The van der Waals surface area contributed by atoms with E-state index in [2.05, 4.69) is 0 Å². The molecule has 176 valence electrons. The monoisotopic (exact) mass is 481 g/mol. The van der Waals surface area contributed by atoms with E-state index in [0.717, 1.165) is 10.4 Å². The summed E-state index contributed by atoms with van der Waals surface area (Å²) < 4.78 is 31.8. The number of carbonyl (C=O) groups excluding carboxylic acids is 2. The van der Waals surface area contributed by atoms with Crippen molar-refractivity contribution in [3.8, 4) is 21.3 Å². The van der Waals surface area contributed by atoms with Crippen LogP contribution in [-0.4, -0.2) is 22.2 Å². The number of benzene rings is 2. The second kappa shape index (κ2) is 9.30.